The van der Waals surface area contributed by atoms with Crippen LogP contribution in [0.25, 0.3) is 0 Å². The summed E-state index contributed by atoms with van der Waals surface area (Å²) in [6, 6.07) is 15.3. The molecule has 0 radical (unpaired) electrons. The molecular weight excluding hydrogens is 340 g/mol. The van der Waals surface area contributed by atoms with Crippen molar-refractivity contribution in [1.82, 2.24) is 9.97 Å². The number of ether oxygens (including phenoxy) is 1. The Bertz CT molecular complexity index is 906. The first-order chi connectivity index (χ1) is 13.1. The topological polar surface area (TPSA) is 76.1 Å². The van der Waals surface area contributed by atoms with Gasteiger partial charge < -0.3 is 15.4 Å². The number of methoxy groups -OCH3 is 1. The first-order valence-corrected chi connectivity index (χ1v) is 8.70. The fourth-order valence-electron chi connectivity index (χ4n) is 2.53. The standard InChI is InChI=1S/C21H22N4O2/c1-14(2)15-8-10-17(11-9-15)24-21-22-12-16(13-23-21)20(26)25-18-6-4-5-7-19(18)27-3/h4-14H,1-3H3,(H,25,26)(H,22,23,24). The maximum atomic E-state index is 12.4. The van der Waals surface area contributed by atoms with Crippen LogP contribution in [0.5, 0.6) is 5.75 Å². The number of nitrogens with zero attached hydrogens (tertiary/aromatic N) is 2. The molecule has 2 aromatic carbocycles. The van der Waals surface area contributed by atoms with E-state index >= 15 is 0 Å². The summed E-state index contributed by atoms with van der Waals surface area (Å²) in [5, 5.41) is 5.93. The van der Waals surface area contributed by atoms with E-state index in [0.717, 1.165) is 5.69 Å². The number of aromatic nitrogens is 2. The van der Waals surface area contributed by atoms with Crippen molar-refractivity contribution in [1.29, 1.82) is 0 Å². The average Bonchev–Trinajstić information content (AvgIpc) is 2.69. The monoisotopic (exact) mass is 362 g/mol. The van der Waals surface area contributed by atoms with Gasteiger partial charge in [0.1, 0.15) is 5.75 Å². The molecule has 0 unspecified atom stereocenters. The predicted octanol–water partition coefficient (Wildman–Crippen LogP) is 4.60. The first-order valence-electron chi connectivity index (χ1n) is 8.70. The van der Waals surface area contributed by atoms with Crippen LogP contribution in [-0.2, 0) is 0 Å². The van der Waals surface area contributed by atoms with Gasteiger partial charge in [-0.3, -0.25) is 4.79 Å². The van der Waals surface area contributed by atoms with Crippen LogP contribution in [-0.4, -0.2) is 23.0 Å². The van der Waals surface area contributed by atoms with Crippen LogP contribution in [0.4, 0.5) is 17.3 Å². The van der Waals surface area contributed by atoms with Crippen molar-refractivity contribution in [3.8, 4) is 5.75 Å². The highest BCUT2D eigenvalue weighted by atomic mass is 16.5. The van der Waals surface area contributed by atoms with Crippen LogP contribution in [0.3, 0.4) is 0 Å². The molecule has 0 bridgehead atoms. The lowest BCUT2D eigenvalue weighted by molar-refractivity contribution is 0.102. The Labute approximate surface area is 158 Å². The maximum Gasteiger partial charge on any atom is 0.258 e. The predicted molar refractivity (Wildman–Crippen MR) is 107 cm³/mol. The van der Waals surface area contributed by atoms with E-state index in [-0.39, 0.29) is 5.91 Å². The van der Waals surface area contributed by atoms with Crippen molar-refractivity contribution in [3.05, 3.63) is 72.1 Å². The molecular formula is C21H22N4O2. The summed E-state index contributed by atoms with van der Waals surface area (Å²) < 4.78 is 5.23. The van der Waals surface area contributed by atoms with Crippen molar-refractivity contribution in [2.24, 2.45) is 0 Å². The molecule has 0 aliphatic rings. The van der Waals surface area contributed by atoms with Crippen LogP contribution in [0.2, 0.25) is 0 Å². The highest BCUT2D eigenvalue weighted by molar-refractivity contribution is 6.04. The van der Waals surface area contributed by atoms with Gasteiger partial charge in [0.25, 0.3) is 5.91 Å². The number of amides is 1. The van der Waals surface area contributed by atoms with Gasteiger partial charge in [0.05, 0.1) is 18.4 Å². The second kappa shape index (κ2) is 8.31. The molecule has 0 aliphatic heterocycles. The Morgan fingerprint density at radius 3 is 2.30 bits per heavy atom. The molecule has 0 aliphatic carbocycles. The molecule has 1 heterocycles. The second-order valence-corrected chi connectivity index (χ2v) is 6.35. The highest BCUT2D eigenvalue weighted by Crippen LogP contribution is 2.23. The number of hydrogen-bond donors (Lipinski definition) is 2. The van der Waals surface area contributed by atoms with Crippen LogP contribution in [0.1, 0.15) is 35.7 Å². The SMILES string of the molecule is COc1ccccc1NC(=O)c1cnc(Nc2ccc(C(C)C)cc2)nc1. The number of carbonyl (C=O) groups excluding carboxylic acids is 1. The zero-order valence-electron chi connectivity index (χ0n) is 15.6. The average molecular weight is 362 g/mol. The lowest BCUT2D eigenvalue weighted by Gasteiger charge is -2.10. The van der Waals surface area contributed by atoms with Gasteiger partial charge in [-0.15, -0.1) is 0 Å². The smallest absolute Gasteiger partial charge is 0.258 e. The molecule has 0 atom stereocenters. The van der Waals surface area contributed by atoms with E-state index in [1.165, 1.54) is 18.0 Å². The maximum absolute atomic E-state index is 12.4. The summed E-state index contributed by atoms with van der Waals surface area (Å²) in [7, 11) is 1.56. The van der Waals surface area contributed by atoms with Gasteiger partial charge in [0.2, 0.25) is 5.95 Å². The normalized spacial score (nSPS) is 10.5. The molecule has 6 nitrogen and oxygen atoms in total. The number of para-hydroxylation sites is 2. The zero-order chi connectivity index (χ0) is 19.2. The zero-order valence-corrected chi connectivity index (χ0v) is 15.6. The second-order valence-electron chi connectivity index (χ2n) is 6.35. The van der Waals surface area contributed by atoms with Gasteiger partial charge in [-0.25, -0.2) is 9.97 Å². The Morgan fingerprint density at radius 2 is 1.67 bits per heavy atom. The van der Waals surface area contributed by atoms with E-state index in [1.807, 2.05) is 24.3 Å². The summed E-state index contributed by atoms with van der Waals surface area (Å²) in [4.78, 5) is 20.8. The van der Waals surface area contributed by atoms with Crippen molar-refractivity contribution in [3.63, 3.8) is 0 Å². The summed E-state index contributed by atoms with van der Waals surface area (Å²) in [5.41, 5.74) is 3.12. The van der Waals surface area contributed by atoms with Crippen molar-refractivity contribution in [2.75, 3.05) is 17.7 Å². The molecule has 0 saturated carbocycles. The van der Waals surface area contributed by atoms with Crippen LogP contribution in [0, 0.1) is 0 Å². The molecule has 138 valence electrons. The third kappa shape index (κ3) is 4.61. The van der Waals surface area contributed by atoms with Gasteiger partial charge in [-0.1, -0.05) is 38.1 Å². The Morgan fingerprint density at radius 1 is 1.00 bits per heavy atom. The van der Waals surface area contributed by atoms with E-state index in [1.54, 1.807) is 19.2 Å². The molecule has 2 N–H and O–H groups in total. The number of carbonyl (C=O) groups is 1. The molecule has 0 fully saturated rings. The van der Waals surface area contributed by atoms with Crippen molar-refractivity contribution >= 4 is 23.2 Å². The van der Waals surface area contributed by atoms with Crippen LogP contribution >= 0.6 is 0 Å². The highest BCUT2D eigenvalue weighted by Gasteiger charge is 2.10. The Kier molecular flexibility index (Phi) is 5.66. The Balaban J connectivity index is 1.66. The quantitative estimate of drug-likeness (QED) is 0.670. The van der Waals surface area contributed by atoms with E-state index in [2.05, 4.69) is 46.6 Å². The fraction of sp³-hybridized carbons (Fsp3) is 0.190. The summed E-state index contributed by atoms with van der Waals surface area (Å²) >= 11 is 0. The summed E-state index contributed by atoms with van der Waals surface area (Å²) in [6.45, 7) is 4.31. The largest absolute Gasteiger partial charge is 0.495 e. The number of nitrogens with one attached hydrogen (secondary N) is 2. The van der Waals surface area contributed by atoms with Gasteiger partial charge >= 0.3 is 0 Å². The molecule has 3 aromatic rings. The van der Waals surface area contributed by atoms with Gasteiger partial charge in [-0.2, -0.15) is 0 Å². The van der Waals surface area contributed by atoms with E-state index in [9.17, 15) is 4.79 Å². The minimum Gasteiger partial charge on any atom is -0.495 e. The van der Waals surface area contributed by atoms with Gasteiger partial charge in [0, 0.05) is 18.1 Å². The lowest BCUT2D eigenvalue weighted by Crippen LogP contribution is -2.13. The number of hydrogen-bond acceptors (Lipinski definition) is 5. The lowest BCUT2D eigenvalue weighted by atomic mass is 10.0. The fourth-order valence-corrected chi connectivity index (χ4v) is 2.53. The summed E-state index contributed by atoms with van der Waals surface area (Å²) in [6.07, 6.45) is 2.98. The van der Waals surface area contributed by atoms with E-state index in [4.69, 9.17) is 4.74 Å². The molecule has 0 saturated heterocycles. The summed E-state index contributed by atoms with van der Waals surface area (Å²) in [5.74, 6) is 1.21. The van der Waals surface area contributed by atoms with Crippen LogP contribution < -0.4 is 15.4 Å². The molecule has 3 rings (SSSR count). The molecule has 0 spiro atoms. The van der Waals surface area contributed by atoms with Gasteiger partial charge in [0.15, 0.2) is 0 Å². The number of anilines is 3. The first kappa shape index (κ1) is 18.4. The minimum absolute atomic E-state index is 0.299. The van der Waals surface area contributed by atoms with E-state index in [0.29, 0.717) is 28.9 Å². The van der Waals surface area contributed by atoms with Crippen molar-refractivity contribution in [2.45, 2.75) is 19.8 Å². The number of rotatable bonds is 6. The molecule has 27 heavy (non-hydrogen) atoms. The molecule has 6 heteroatoms. The molecule has 1 aromatic heterocycles. The van der Waals surface area contributed by atoms with Crippen molar-refractivity contribution < 1.29 is 9.53 Å². The molecule has 1 amide bonds. The third-order valence-electron chi connectivity index (χ3n) is 4.10. The third-order valence-corrected chi connectivity index (χ3v) is 4.10. The number of benzene rings is 2. The van der Waals surface area contributed by atoms with E-state index < -0.39 is 0 Å². The minimum atomic E-state index is -0.299. The van der Waals surface area contributed by atoms with Crippen LogP contribution in [0.15, 0.2) is 60.9 Å². The van der Waals surface area contributed by atoms with Gasteiger partial charge in [-0.05, 0) is 35.7 Å². The Hall–Kier alpha value is -3.41.